The summed E-state index contributed by atoms with van der Waals surface area (Å²) in [6.07, 6.45) is 2.08. The SMILES string of the molecule is CC[C@H](C)[C@H](NC(=O)[C@H](CCC(N)=O)NC(=O)CCCSSCC(=O)NCCNC(=O)CCCCC1SCC2NC(=O)NC21)C(=O)N[C@H](C(=O)N[C@@H](CC(N)=O)C(=O)N[C@@H](CCSC)C(=O)N[C@@H](Cc1c[nH]c2ccccc12)C(=O)N[C@@H](CCC(N)=O)C(=O)N[C@@H](CCC(=O)O)C(=O)N[C@H](C(=O)NCC(=O)NC(c1ccc(C(=N)N)cc1)P(=O)(OCc1ccccc1)OCc1ccccc1)C(C)C)[C@@H](C)CC. The van der Waals surface area contributed by atoms with Gasteiger partial charge in [0.2, 0.25) is 94.5 Å². The van der Waals surface area contributed by atoms with E-state index in [1.54, 1.807) is 125 Å². The number of para-hydroxylation sites is 1. The first kappa shape index (κ1) is 117. The Hall–Kier alpha value is -12.3. The molecule has 43 nitrogen and oxygen atoms in total. The number of urea groups is 1. The topological polar surface area (TPSA) is 687 Å². The number of nitrogens with two attached hydrogens (primary N) is 4. The lowest BCUT2D eigenvalue weighted by molar-refractivity contribution is -0.139. The lowest BCUT2D eigenvalue weighted by Gasteiger charge is -2.31. The molecule has 4 aromatic carbocycles. The van der Waals surface area contributed by atoms with Crippen LogP contribution in [0.5, 0.6) is 0 Å². The molecule has 15 atom stereocenters. The van der Waals surface area contributed by atoms with Gasteiger partial charge < -0.3 is 122 Å². The minimum absolute atomic E-state index is 0.0821. The van der Waals surface area contributed by atoms with Gasteiger partial charge in [-0.15, -0.1) is 0 Å². The Bertz CT molecular complexity index is 5160. The van der Waals surface area contributed by atoms with Gasteiger partial charge in [0.05, 0.1) is 44.0 Å². The maximum atomic E-state index is 15.3. The third-order valence-electron chi connectivity index (χ3n) is 23.6. The fraction of sp³-hybridized carbons (Fsp3) is 0.521. The number of rotatable bonds is 66. The second-order valence-corrected chi connectivity index (χ2v) is 41.8. The van der Waals surface area contributed by atoms with E-state index in [0.717, 1.165) is 18.6 Å². The minimum atomic E-state index is -4.51. The van der Waals surface area contributed by atoms with Crippen LogP contribution in [0.15, 0.2) is 115 Å². The zero-order chi connectivity index (χ0) is 104. The van der Waals surface area contributed by atoms with Crippen LogP contribution in [0, 0.1) is 23.2 Å². The molecule has 2 fully saturated rings. The summed E-state index contributed by atoms with van der Waals surface area (Å²) in [5, 5.41) is 58.7. The van der Waals surface area contributed by atoms with E-state index in [9.17, 15) is 81.8 Å². The van der Waals surface area contributed by atoms with Crippen molar-refractivity contribution in [3.8, 4) is 0 Å². The summed E-state index contributed by atoms with van der Waals surface area (Å²) in [5.41, 5.74) is 25.3. The number of carboxylic acid groups (broad SMARTS) is 1. The van der Waals surface area contributed by atoms with Crippen LogP contribution in [0.1, 0.15) is 178 Å². The number of benzene rings is 4. The number of aliphatic carboxylic acids is 1. The highest BCUT2D eigenvalue weighted by atomic mass is 33.1. The van der Waals surface area contributed by atoms with Crippen molar-refractivity contribution in [1.82, 2.24) is 84.7 Å². The number of nitrogens with one attached hydrogen (secondary N) is 17. The molecule has 4 unspecified atom stereocenters. The van der Waals surface area contributed by atoms with E-state index < -0.39 is 213 Å². The van der Waals surface area contributed by atoms with Gasteiger partial charge in [-0.25, -0.2) is 4.79 Å². The van der Waals surface area contributed by atoms with Gasteiger partial charge in [0, 0.05) is 91.0 Å². The number of amidine groups is 1. The fourth-order valence-electron chi connectivity index (χ4n) is 15.2. The number of carbonyl (C=O) groups excluding carboxylic acids is 17. The smallest absolute Gasteiger partial charge is 0.357 e. The van der Waals surface area contributed by atoms with Gasteiger partial charge in [0.15, 0.2) is 5.78 Å². The van der Waals surface area contributed by atoms with Crippen LogP contribution in [-0.4, -0.2) is 243 Å². The number of hydrogen-bond acceptors (Lipinski definition) is 26. The quantitative estimate of drug-likeness (QED) is 0.00664. The molecule has 3 heterocycles. The Morgan fingerprint density at radius 3 is 1.56 bits per heavy atom. The molecule has 5 aromatic rings. The van der Waals surface area contributed by atoms with Crippen molar-refractivity contribution in [1.29, 1.82) is 5.41 Å². The highest BCUT2D eigenvalue weighted by Gasteiger charge is 2.45. The largest absolute Gasteiger partial charge is 0.481 e. The number of aromatic amines is 1. The van der Waals surface area contributed by atoms with Crippen LogP contribution in [0.25, 0.3) is 10.9 Å². The minimum Gasteiger partial charge on any atom is -0.481 e. The van der Waals surface area contributed by atoms with E-state index in [1.807, 2.05) is 11.8 Å². The van der Waals surface area contributed by atoms with Crippen molar-refractivity contribution < 1.29 is 105 Å². The number of unbranched alkanes of at least 4 members (excludes halogenated alkanes) is 1. The number of primary amides is 3. The summed E-state index contributed by atoms with van der Waals surface area (Å²) < 4.78 is 27.6. The summed E-state index contributed by atoms with van der Waals surface area (Å²) in [6.45, 7) is 8.85. The monoisotopic (exact) mass is 2070 g/mol. The first-order chi connectivity index (χ1) is 67.7. The molecule has 0 saturated carbocycles. The molecule has 0 aliphatic carbocycles. The summed E-state index contributed by atoms with van der Waals surface area (Å²) in [4.78, 5) is 250. The Morgan fingerprint density at radius 1 is 0.507 bits per heavy atom. The average Bonchev–Trinajstić information content (AvgIpc) is 0.850. The molecular weight excluding hydrogens is 1930 g/mol. The number of amides is 18. The van der Waals surface area contributed by atoms with E-state index in [1.165, 1.54) is 71.5 Å². The van der Waals surface area contributed by atoms with Crippen molar-refractivity contribution in [3.63, 3.8) is 0 Å². The lowest BCUT2D eigenvalue weighted by atomic mass is 9.94. The van der Waals surface area contributed by atoms with E-state index in [4.69, 9.17) is 37.4 Å². The Labute approximate surface area is 840 Å². The Balaban J connectivity index is 0.998. The fourth-order valence-corrected chi connectivity index (χ4v) is 21.0. The zero-order valence-electron chi connectivity index (χ0n) is 80.5. The molecule has 142 heavy (non-hydrogen) atoms. The average molecular weight is 2070 g/mol. The van der Waals surface area contributed by atoms with Crippen LogP contribution >= 0.6 is 52.7 Å². The molecule has 0 radical (unpaired) electrons. The zero-order valence-corrected chi connectivity index (χ0v) is 84.7. The molecule has 18 amide bonds. The van der Waals surface area contributed by atoms with Gasteiger partial charge in [-0.3, -0.25) is 91.5 Å². The first-order valence-electron chi connectivity index (χ1n) is 47.0. The first-order valence-corrected chi connectivity index (χ1v) is 53.5. The van der Waals surface area contributed by atoms with Gasteiger partial charge in [0.25, 0.3) is 0 Å². The molecule has 48 heteroatoms. The van der Waals surface area contributed by atoms with Gasteiger partial charge in [-0.05, 0) is 103 Å². The molecule has 7 rings (SSSR count). The molecule has 2 saturated heterocycles. The van der Waals surface area contributed by atoms with Crippen molar-refractivity contribution in [2.75, 3.05) is 48.9 Å². The van der Waals surface area contributed by atoms with E-state index in [0.29, 0.717) is 57.9 Å². The van der Waals surface area contributed by atoms with Crippen LogP contribution in [0.3, 0.4) is 0 Å². The van der Waals surface area contributed by atoms with E-state index in [-0.39, 0.29) is 130 Å². The van der Waals surface area contributed by atoms with Crippen LogP contribution in [-0.2, 0) is 115 Å². The van der Waals surface area contributed by atoms with Crippen molar-refractivity contribution in [2.24, 2.45) is 40.7 Å². The van der Waals surface area contributed by atoms with Gasteiger partial charge in [-0.2, -0.15) is 23.5 Å². The summed E-state index contributed by atoms with van der Waals surface area (Å²) in [6, 6.07) is 15.6. The van der Waals surface area contributed by atoms with Crippen molar-refractivity contribution in [2.45, 2.75) is 241 Å². The Morgan fingerprint density at radius 2 is 1.01 bits per heavy atom. The number of fused-ring (bicyclic) bond motifs is 2. The number of H-pyrrole nitrogens is 1. The van der Waals surface area contributed by atoms with Crippen LogP contribution < -0.4 is 103 Å². The number of aromatic nitrogens is 1. The van der Waals surface area contributed by atoms with Crippen LogP contribution in [0.4, 0.5) is 4.79 Å². The molecule has 0 bridgehead atoms. The van der Waals surface area contributed by atoms with E-state index >= 15 is 14.2 Å². The number of hydrogen-bond donors (Lipinski definition) is 22. The van der Waals surface area contributed by atoms with Gasteiger partial charge in [-0.1, -0.05) is 186 Å². The third kappa shape index (κ3) is 39.5. The molecular formula is C94H134N21O22PS4. The van der Waals surface area contributed by atoms with Crippen molar-refractivity contribution in [3.05, 3.63) is 143 Å². The third-order valence-corrected chi connectivity index (χ3v) is 30.2. The van der Waals surface area contributed by atoms with Crippen molar-refractivity contribution >= 4 is 176 Å². The predicted octanol–water partition coefficient (Wildman–Crippen LogP) is 2.81. The lowest BCUT2D eigenvalue weighted by Crippen LogP contribution is -2.62. The molecule has 2 aliphatic rings. The van der Waals surface area contributed by atoms with E-state index in [2.05, 4.69) is 84.7 Å². The molecule has 26 N–H and O–H groups in total. The summed E-state index contributed by atoms with van der Waals surface area (Å²) in [7, 11) is -1.93. The Kier molecular flexibility index (Phi) is 49.5. The second-order valence-electron chi connectivity index (χ2n) is 34.9. The van der Waals surface area contributed by atoms with Gasteiger partial charge >= 0.3 is 19.6 Å². The summed E-state index contributed by atoms with van der Waals surface area (Å²) in [5.74, 6) is -18.1. The number of carboxylic acids is 1. The maximum Gasteiger partial charge on any atom is 0.357 e. The normalized spacial score (nSPS) is 16.3. The number of nitrogen functional groups attached to an aromatic ring is 1. The number of thioether (sulfide) groups is 2. The maximum absolute atomic E-state index is 15.3. The molecule has 1 aromatic heterocycles. The highest BCUT2D eigenvalue weighted by molar-refractivity contribution is 8.76. The van der Waals surface area contributed by atoms with Crippen LogP contribution in [0.2, 0.25) is 0 Å². The molecule has 2 aliphatic heterocycles. The number of carbonyl (C=O) groups is 18. The predicted molar refractivity (Wildman–Crippen MR) is 539 cm³/mol. The second kappa shape index (κ2) is 60.2. The van der Waals surface area contributed by atoms with Gasteiger partial charge in [0.1, 0.15) is 60.2 Å². The standard InChI is InChI=1S/C94H134N21O22PS4/c1-8-54(5)80(114-92(133)81(55(6)9-2)113-86(127)63(34-37-71(95)116)104-75(120)29-20-43-141-142-52-77(122)101-42-41-100-74(119)28-19-18-27-70-82-69(51-140-70)110-94(134)115-82)91(132)109-68(46-73(97)118)89(130)107-66(40-44-139-7)85(126)108-67(45-60-47-102-62-26-17-16-25-61(60)62)88(129)106-64(35-38-72(96)117)84(125)105-65(36-39-78(123)124)87(128)112-79(53(3)4)90(131)103-48-76(121)111-93(59-32-30-58(31-33-59)83(98)99)138(135,136-49-56-21-12-10-13-22-56)137-50-57-23-14-11-15-24-57/h10-17,21-26,30-33,47,53-55,63-70,79-82,93,102H,8-9,18-20,27-29,34-46,48-52H2,1-7H3,(H2,95,116)(H2,96,117)(H2,97,118)(H3,98,99)(H,100,119)(H,101,122)(H,103,131)(H,104,120)(H,105,125)(H,106,129)(H,107,130)(H,108,126)(H,109,132)(H,111,121)(H,112,128)(H,113,127)(H,114,133)(H,123,124)(H2,110,115,134)/t54-,55-,63-,64-,65-,66-,67-,68-,69?,70?,79-,80-,81-,82?,93?/m0/s1. The molecule has 0 spiro atoms. The molecule has 776 valence electrons. The highest BCUT2D eigenvalue weighted by Crippen LogP contribution is 2.61. The summed E-state index contributed by atoms with van der Waals surface area (Å²) >= 11 is 3.05.